The molecule has 1 saturated carbocycles. The van der Waals surface area contributed by atoms with E-state index in [2.05, 4.69) is 0 Å². The molecule has 0 radical (unpaired) electrons. The van der Waals surface area contributed by atoms with E-state index in [1.165, 1.54) is 6.07 Å². The Balaban J connectivity index is 1.76. The number of carbonyl (C=O) groups is 1. The van der Waals surface area contributed by atoms with Crippen LogP contribution in [0.5, 0.6) is 0 Å². The van der Waals surface area contributed by atoms with Gasteiger partial charge in [0, 0.05) is 5.56 Å². The molecule has 2 aromatic carbocycles. The molecule has 0 aromatic heterocycles. The molecule has 0 N–H and O–H groups in total. The van der Waals surface area contributed by atoms with Crippen LogP contribution in [0.4, 0.5) is 22.0 Å². The number of hydrogen-bond acceptors (Lipinski definition) is 2. The van der Waals surface area contributed by atoms with Gasteiger partial charge in [-0.1, -0.05) is 61.9 Å². The third-order valence-electron chi connectivity index (χ3n) is 5.39. The van der Waals surface area contributed by atoms with Crippen LogP contribution in [0.1, 0.15) is 19.4 Å². The Kier molecular flexibility index (Phi) is 5.96. The molecule has 2 aromatic rings. The summed E-state index contributed by atoms with van der Waals surface area (Å²) >= 11 is 5.26. The predicted octanol–water partition coefficient (Wildman–Crippen LogP) is 6.63. The zero-order valence-electron chi connectivity index (χ0n) is 16.1. The van der Waals surface area contributed by atoms with Gasteiger partial charge < -0.3 is 4.74 Å². The first-order valence-electron chi connectivity index (χ1n) is 9.08. The molecule has 0 heterocycles. The topological polar surface area (TPSA) is 26.3 Å². The van der Waals surface area contributed by atoms with Crippen LogP contribution in [-0.2, 0) is 16.1 Å². The van der Waals surface area contributed by atoms with Crippen molar-refractivity contribution < 1.29 is 31.5 Å². The summed E-state index contributed by atoms with van der Waals surface area (Å²) in [6.07, 6.45) is -3.93. The van der Waals surface area contributed by atoms with Gasteiger partial charge in [0.2, 0.25) is 0 Å². The standard InChI is InChI=1S/C22H18ClF5O2/c1-21(2)15(10-17(23)22(26,27)28)18(21)20(29)30-11-14-16(24)9-8-13(19(14)25)12-6-4-3-5-7-12/h3-10,15,18H,11H2,1-2H3/b17-10-/t15-,18-/m0/s1. The lowest BCUT2D eigenvalue weighted by Crippen LogP contribution is -2.12. The fourth-order valence-electron chi connectivity index (χ4n) is 3.49. The first kappa shape index (κ1) is 22.3. The van der Waals surface area contributed by atoms with E-state index in [-0.39, 0.29) is 5.56 Å². The molecule has 0 bridgehead atoms. The van der Waals surface area contributed by atoms with Gasteiger partial charge in [-0.3, -0.25) is 4.79 Å². The first-order valence-corrected chi connectivity index (χ1v) is 9.46. The molecule has 2 nitrogen and oxygen atoms in total. The van der Waals surface area contributed by atoms with Gasteiger partial charge in [-0.15, -0.1) is 0 Å². The van der Waals surface area contributed by atoms with E-state index in [9.17, 15) is 26.7 Å². The lowest BCUT2D eigenvalue weighted by Gasteiger charge is -2.11. The van der Waals surface area contributed by atoms with Gasteiger partial charge in [0.15, 0.2) is 0 Å². The van der Waals surface area contributed by atoms with Crippen molar-refractivity contribution in [3.05, 3.63) is 70.8 Å². The maximum absolute atomic E-state index is 14.8. The van der Waals surface area contributed by atoms with E-state index < -0.39 is 58.2 Å². The second-order valence-corrected chi connectivity index (χ2v) is 8.11. The average Bonchev–Trinajstić information content (AvgIpc) is 3.21. The van der Waals surface area contributed by atoms with Gasteiger partial charge in [-0.05, 0) is 29.0 Å². The van der Waals surface area contributed by atoms with Gasteiger partial charge in [0.1, 0.15) is 23.3 Å². The molecule has 2 atom stereocenters. The van der Waals surface area contributed by atoms with E-state index in [1.54, 1.807) is 44.2 Å². The zero-order chi connectivity index (χ0) is 22.3. The molecule has 0 amide bonds. The second kappa shape index (κ2) is 8.02. The molecule has 3 rings (SSSR count). The highest BCUT2D eigenvalue weighted by atomic mass is 35.5. The van der Waals surface area contributed by atoms with Gasteiger partial charge in [-0.25, -0.2) is 8.78 Å². The summed E-state index contributed by atoms with van der Waals surface area (Å²) in [5.74, 6) is -4.26. The van der Waals surface area contributed by atoms with E-state index in [4.69, 9.17) is 16.3 Å². The van der Waals surface area contributed by atoms with Gasteiger partial charge in [-0.2, -0.15) is 13.2 Å². The normalized spacial score (nSPS) is 20.7. The van der Waals surface area contributed by atoms with Crippen LogP contribution in [0.25, 0.3) is 11.1 Å². The zero-order valence-corrected chi connectivity index (χ0v) is 16.8. The van der Waals surface area contributed by atoms with Crippen LogP contribution < -0.4 is 0 Å². The Bertz CT molecular complexity index is 983. The Hall–Kier alpha value is -2.41. The third kappa shape index (κ3) is 4.36. The quantitative estimate of drug-likeness (QED) is 0.382. The summed E-state index contributed by atoms with van der Waals surface area (Å²) < 4.78 is 72.0. The highest BCUT2D eigenvalue weighted by Crippen LogP contribution is 2.60. The molecule has 0 saturated heterocycles. The molecular weight excluding hydrogens is 427 g/mol. The smallest absolute Gasteiger partial charge is 0.426 e. The number of rotatable bonds is 5. The molecule has 1 aliphatic rings. The maximum Gasteiger partial charge on any atom is 0.426 e. The molecule has 30 heavy (non-hydrogen) atoms. The molecule has 0 aliphatic heterocycles. The monoisotopic (exact) mass is 444 g/mol. The van der Waals surface area contributed by atoms with E-state index >= 15 is 0 Å². The van der Waals surface area contributed by atoms with Gasteiger partial charge >= 0.3 is 12.1 Å². The van der Waals surface area contributed by atoms with Crippen molar-refractivity contribution in [2.24, 2.45) is 17.3 Å². The first-order chi connectivity index (χ1) is 13.9. The van der Waals surface area contributed by atoms with Crippen LogP contribution in [0.2, 0.25) is 0 Å². The molecule has 0 spiro atoms. The van der Waals surface area contributed by atoms with Crippen molar-refractivity contribution in [3.8, 4) is 11.1 Å². The predicted molar refractivity (Wildman–Crippen MR) is 102 cm³/mol. The van der Waals surface area contributed by atoms with E-state index in [0.717, 1.165) is 12.1 Å². The largest absolute Gasteiger partial charge is 0.460 e. The molecule has 160 valence electrons. The summed E-state index contributed by atoms with van der Waals surface area (Å²) in [5, 5.41) is -1.32. The highest BCUT2D eigenvalue weighted by molar-refractivity contribution is 6.30. The Morgan fingerprint density at radius 1 is 1.13 bits per heavy atom. The number of alkyl halides is 3. The molecule has 8 heteroatoms. The number of ether oxygens (including phenoxy) is 1. The lowest BCUT2D eigenvalue weighted by molar-refractivity contribution is -0.147. The number of hydrogen-bond donors (Lipinski definition) is 0. The van der Waals surface area contributed by atoms with Gasteiger partial charge in [0.05, 0.1) is 11.5 Å². The summed E-state index contributed by atoms with van der Waals surface area (Å²) in [6, 6.07) is 10.8. The summed E-state index contributed by atoms with van der Waals surface area (Å²) in [7, 11) is 0. The molecule has 1 aliphatic carbocycles. The van der Waals surface area contributed by atoms with Crippen molar-refractivity contribution in [2.45, 2.75) is 26.6 Å². The van der Waals surface area contributed by atoms with Crippen LogP contribution in [0.3, 0.4) is 0 Å². The molecule has 0 unspecified atom stereocenters. The van der Waals surface area contributed by atoms with Crippen molar-refractivity contribution in [3.63, 3.8) is 0 Å². The van der Waals surface area contributed by atoms with Crippen molar-refractivity contribution in [2.75, 3.05) is 0 Å². The van der Waals surface area contributed by atoms with E-state index in [0.29, 0.717) is 5.56 Å². The minimum absolute atomic E-state index is 0.146. The van der Waals surface area contributed by atoms with Crippen LogP contribution in [0, 0.1) is 28.9 Å². The fraction of sp³-hybridized carbons (Fsp3) is 0.318. The number of carbonyl (C=O) groups excluding carboxylic acids is 1. The van der Waals surface area contributed by atoms with Crippen molar-refractivity contribution >= 4 is 17.6 Å². The third-order valence-corrected chi connectivity index (χ3v) is 5.73. The second-order valence-electron chi connectivity index (χ2n) is 7.70. The van der Waals surface area contributed by atoms with E-state index in [1.807, 2.05) is 0 Å². The fourth-order valence-corrected chi connectivity index (χ4v) is 3.63. The molecule has 1 fully saturated rings. The maximum atomic E-state index is 14.8. The summed E-state index contributed by atoms with van der Waals surface area (Å²) in [5.41, 5.74) is -0.570. The SMILES string of the molecule is CC1(C)[C@H](C(=O)OCc2c(F)ccc(-c3ccccc3)c2F)[C@@H]1/C=C(\Cl)C(F)(F)F. The summed E-state index contributed by atoms with van der Waals surface area (Å²) in [6.45, 7) is 2.52. The van der Waals surface area contributed by atoms with Gasteiger partial charge in [0.25, 0.3) is 0 Å². The minimum atomic E-state index is -4.71. The number of benzene rings is 2. The van der Waals surface area contributed by atoms with Crippen molar-refractivity contribution in [1.82, 2.24) is 0 Å². The number of esters is 1. The van der Waals surface area contributed by atoms with Crippen LogP contribution in [0.15, 0.2) is 53.6 Å². The Morgan fingerprint density at radius 3 is 2.37 bits per heavy atom. The molecular formula is C22H18ClF5O2. The number of halogens is 6. The minimum Gasteiger partial charge on any atom is -0.460 e. The Labute approximate surface area is 175 Å². The summed E-state index contributed by atoms with van der Waals surface area (Å²) in [4.78, 5) is 12.4. The highest BCUT2D eigenvalue weighted by Gasteiger charge is 2.62. The lowest BCUT2D eigenvalue weighted by atomic mass is 10.0. The average molecular weight is 445 g/mol. The van der Waals surface area contributed by atoms with Crippen LogP contribution >= 0.6 is 11.6 Å². The number of allylic oxidation sites excluding steroid dienone is 2. The van der Waals surface area contributed by atoms with Crippen LogP contribution in [-0.4, -0.2) is 12.1 Å². The Morgan fingerprint density at radius 2 is 1.77 bits per heavy atom. The van der Waals surface area contributed by atoms with Crippen molar-refractivity contribution in [1.29, 1.82) is 0 Å².